The number of carbonyl (C=O) groups is 1. The molecule has 0 aliphatic carbocycles. The molecule has 0 fully saturated rings. The van der Waals surface area contributed by atoms with E-state index in [1.807, 2.05) is 12.1 Å². The van der Waals surface area contributed by atoms with Crippen LogP contribution in [0.15, 0.2) is 59.0 Å². The zero-order chi connectivity index (χ0) is 16.4. The van der Waals surface area contributed by atoms with Gasteiger partial charge < -0.3 is 13.9 Å². The van der Waals surface area contributed by atoms with E-state index in [1.54, 1.807) is 18.2 Å². The Bertz CT molecular complexity index is 930. The minimum Gasteiger partial charge on any atom is -0.451 e. The van der Waals surface area contributed by atoms with Gasteiger partial charge in [0.05, 0.1) is 0 Å². The third-order valence-electron chi connectivity index (χ3n) is 2.96. The summed E-state index contributed by atoms with van der Waals surface area (Å²) in [6, 6.07) is 14.0. The van der Waals surface area contributed by atoms with E-state index in [9.17, 15) is 17.1 Å². The molecule has 0 spiro atoms. The Morgan fingerprint density at radius 1 is 1.09 bits per heavy atom. The van der Waals surface area contributed by atoms with Crippen molar-refractivity contribution in [2.45, 2.75) is 0 Å². The quantitative estimate of drug-likeness (QED) is 0.740. The van der Waals surface area contributed by atoms with E-state index in [4.69, 9.17) is 4.42 Å². The van der Waals surface area contributed by atoms with Gasteiger partial charge in [0, 0.05) is 11.1 Å². The second-order valence-electron chi connectivity index (χ2n) is 4.60. The number of nitrogens with one attached hydrogen (secondary N) is 1. The molecule has 0 aliphatic rings. The van der Waals surface area contributed by atoms with Crippen LogP contribution >= 0.6 is 0 Å². The van der Waals surface area contributed by atoms with Crippen LogP contribution in [-0.4, -0.2) is 14.3 Å². The summed E-state index contributed by atoms with van der Waals surface area (Å²) in [6.45, 7) is 0. The zero-order valence-corrected chi connectivity index (χ0v) is 12.3. The molecule has 0 saturated carbocycles. The van der Waals surface area contributed by atoms with Crippen molar-refractivity contribution in [2.75, 3.05) is 5.32 Å². The number of rotatable bonds is 4. The predicted octanol–water partition coefficient (Wildman–Crippen LogP) is 3.28. The van der Waals surface area contributed by atoms with Gasteiger partial charge in [0.15, 0.2) is 5.76 Å². The number of amides is 1. The van der Waals surface area contributed by atoms with Gasteiger partial charge in [-0.3, -0.25) is 4.79 Å². The maximum absolute atomic E-state index is 12.4. The molecule has 2 aromatic carbocycles. The van der Waals surface area contributed by atoms with E-state index in [0.717, 1.165) is 5.39 Å². The predicted molar refractivity (Wildman–Crippen MR) is 81.3 cm³/mol. The number of para-hydroxylation sites is 1. The van der Waals surface area contributed by atoms with Crippen molar-refractivity contribution in [1.82, 2.24) is 0 Å². The first-order valence-corrected chi connectivity index (χ1v) is 7.76. The monoisotopic (exact) mass is 335 g/mol. The molecule has 0 saturated heterocycles. The lowest BCUT2D eigenvalue weighted by molar-refractivity contribution is 0.0998. The smallest absolute Gasteiger partial charge is 0.451 e. The molecule has 0 aliphatic heterocycles. The molecule has 3 rings (SSSR count). The van der Waals surface area contributed by atoms with E-state index < -0.39 is 16.4 Å². The highest BCUT2D eigenvalue weighted by molar-refractivity contribution is 7.81. The van der Waals surface area contributed by atoms with Gasteiger partial charge in [-0.1, -0.05) is 22.1 Å². The van der Waals surface area contributed by atoms with Gasteiger partial charge in [0.2, 0.25) is 0 Å². The van der Waals surface area contributed by atoms with Crippen molar-refractivity contribution in [1.29, 1.82) is 0 Å². The third-order valence-corrected chi connectivity index (χ3v) is 3.35. The summed E-state index contributed by atoms with van der Waals surface area (Å²) in [6.07, 6.45) is 0. The van der Waals surface area contributed by atoms with Gasteiger partial charge in [-0.25, -0.2) is 0 Å². The zero-order valence-electron chi connectivity index (χ0n) is 11.5. The molecule has 0 bridgehead atoms. The summed E-state index contributed by atoms with van der Waals surface area (Å²) in [5.41, 5.74) is 0.966. The molecule has 1 heterocycles. The molecule has 8 heteroatoms. The number of hydrogen-bond acceptors (Lipinski definition) is 5. The summed E-state index contributed by atoms with van der Waals surface area (Å²) in [5.74, 6) is -0.528. The normalized spacial score (nSPS) is 11.3. The topological polar surface area (TPSA) is 85.6 Å². The molecule has 3 aromatic rings. The Labute approximate surface area is 130 Å². The molecule has 6 nitrogen and oxygen atoms in total. The lowest BCUT2D eigenvalue weighted by atomic mass is 10.2. The van der Waals surface area contributed by atoms with Gasteiger partial charge >= 0.3 is 10.5 Å². The van der Waals surface area contributed by atoms with Crippen LogP contribution in [0.4, 0.5) is 9.57 Å². The molecule has 0 radical (unpaired) electrons. The van der Waals surface area contributed by atoms with Crippen LogP contribution in [0.3, 0.4) is 0 Å². The highest BCUT2D eigenvalue weighted by Crippen LogP contribution is 2.21. The largest absolute Gasteiger partial charge is 0.488 e. The van der Waals surface area contributed by atoms with E-state index in [1.165, 1.54) is 24.3 Å². The first-order valence-electron chi connectivity index (χ1n) is 6.45. The molecule has 0 atom stereocenters. The number of hydrogen-bond donors (Lipinski definition) is 1. The molecular weight excluding hydrogens is 325 g/mol. The summed E-state index contributed by atoms with van der Waals surface area (Å²) < 4.78 is 42.6. The Morgan fingerprint density at radius 3 is 2.43 bits per heavy atom. The van der Waals surface area contributed by atoms with Crippen LogP contribution in [0.1, 0.15) is 10.6 Å². The van der Waals surface area contributed by atoms with Gasteiger partial charge in [0.25, 0.3) is 5.91 Å². The molecular formula is C15H10FNO5S. The average Bonchev–Trinajstić information content (AvgIpc) is 2.92. The molecule has 0 unspecified atom stereocenters. The fraction of sp³-hybridized carbons (Fsp3) is 0. The molecule has 1 N–H and O–H groups in total. The maximum Gasteiger partial charge on any atom is 0.488 e. The molecule has 118 valence electrons. The van der Waals surface area contributed by atoms with E-state index in [-0.39, 0.29) is 11.5 Å². The fourth-order valence-electron chi connectivity index (χ4n) is 2.00. The van der Waals surface area contributed by atoms with E-state index >= 15 is 0 Å². The Hall–Kier alpha value is -2.87. The number of benzene rings is 2. The van der Waals surface area contributed by atoms with Crippen LogP contribution < -0.4 is 9.50 Å². The van der Waals surface area contributed by atoms with Crippen LogP contribution in [0, 0.1) is 0 Å². The number of fused-ring (bicyclic) bond motifs is 1. The summed E-state index contributed by atoms with van der Waals surface area (Å²) in [4.78, 5) is 12.1. The van der Waals surface area contributed by atoms with Crippen molar-refractivity contribution < 1.29 is 25.7 Å². The minimum atomic E-state index is -5.07. The minimum absolute atomic E-state index is 0.137. The highest BCUT2D eigenvalue weighted by Gasteiger charge is 2.13. The molecule has 1 aromatic heterocycles. The average molecular weight is 335 g/mol. The third kappa shape index (κ3) is 3.67. The fourth-order valence-corrected chi connectivity index (χ4v) is 2.34. The highest BCUT2D eigenvalue weighted by atomic mass is 32.3. The number of halogens is 1. The van der Waals surface area contributed by atoms with Crippen molar-refractivity contribution in [3.63, 3.8) is 0 Å². The van der Waals surface area contributed by atoms with Gasteiger partial charge in [-0.2, -0.15) is 8.42 Å². The summed E-state index contributed by atoms with van der Waals surface area (Å²) in [5, 5.41) is 3.38. The van der Waals surface area contributed by atoms with E-state index in [0.29, 0.717) is 11.3 Å². The number of carbonyl (C=O) groups excluding carboxylic acids is 1. The molecule has 1 amide bonds. The van der Waals surface area contributed by atoms with Gasteiger partial charge in [-0.15, -0.1) is 0 Å². The molecule has 23 heavy (non-hydrogen) atoms. The lowest BCUT2D eigenvalue weighted by Gasteiger charge is -2.04. The SMILES string of the molecule is O=C(Nc1ccc(OS(=O)(=O)F)cc1)c1cc2ccccc2o1. The Morgan fingerprint density at radius 2 is 1.78 bits per heavy atom. The van der Waals surface area contributed by atoms with Crippen LogP contribution in [0.5, 0.6) is 5.75 Å². The summed E-state index contributed by atoms with van der Waals surface area (Å²) in [7, 11) is -5.07. The van der Waals surface area contributed by atoms with Crippen LogP contribution in [-0.2, 0) is 10.5 Å². The lowest BCUT2D eigenvalue weighted by Crippen LogP contribution is -2.10. The standard InChI is InChI=1S/C15H10FNO5S/c16-23(19,20)22-12-7-5-11(6-8-12)17-15(18)14-9-10-3-1-2-4-13(10)21-14/h1-9H,(H,17,18). The second kappa shape index (κ2) is 5.73. The van der Waals surface area contributed by atoms with E-state index in [2.05, 4.69) is 9.50 Å². The van der Waals surface area contributed by atoms with Crippen molar-refractivity contribution in [2.24, 2.45) is 0 Å². The Kier molecular flexibility index (Phi) is 3.75. The van der Waals surface area contributed by atoms with Gasteiger partial charge in [0.1, 0.15) is 11.3 Å². The maximum atomic E-state index is 12.4. The van der Waals surface area contributed by atoms with Gasteiger partial charge in [-0.05, 0) is 36.4 Å². The van der Waals surface area contributed by atoms with Crippen molar-refractivity contribution >= 4 is 33.1 Å². The summed E-state index contributed by atoms with van der Waals surface area (Å²) >= 11 is 0. The second-order valence-corrected chi connectivity index (χ2v) is 5.56. The first-order chi connectivity index (χ1) is 10.9. The van der Waals surface area contributed by atoms with Crippen LogP contribution in [0.25, 0.3) is 11.0 Å². The number of anilines is 1. The Balaban J connectivity index is 1.74. The first kappa shape index (κ1) is 15.0. The van der Waals surface area contributed by atoms with Crippen molar-refractivity contribution in [3.8, 4) is 5.75 Å². The number of furan rings is 1. The van der Waals surface area contributed by atoms with Crippen LogP contribution in [0.2, 0.25) is 0 Å². The van der Waals surface area contributed by atoms with Crippen molar-refractivity contribution in [3.05, 3.63) is 60.4 Å².